The quantitative estimate of drug-likeness (QED) is 0.142. The minimum Gasteiger partial charge on any atom is -0.141 e. The summed E-state index contributed by atoms with van der Waals surface area (Å²) in [6, 6.07) is 32.2. The molecule has 0 bridgehead atoms. The molecule has 9 rings (SSSR count). The molecule has 51 heavy (non-hydrogen) atoms. The Morgan fingerprint density at radius 3 is 0.961 bits per heavy atom. The molecule has 0 aromatic carbocycles. The van der Waals surface area contributed by atoms with Crippen LogP contribution in [0.5, 0.6) is 0 Å². The van der Waals surface area contributed by atoms with Crippen LogP contribution in [0.3, 0.4) is 0 Å². The summed E-state index contributed by atoms with van der Waals surface area (Å²) in [5.74, 6) is 0. The SMILES string of the molecule is Cc1ccc(-c2cc(-c3c(-c4ccc(Br)s4)sc(-c4ccc(Br)s4)c3-c3cc(-c4ccc(C)s4)c(-c4ccc(C)s4)s3)sc2-c2ccc(C)s2)s1. The standard InChI is InChI=1S/C40H26Br2S9/c1-19-5-9-25(43-19)23-17-31(49-37(23)27-11-7-21(3)45-27)35-36(40(30-14-16-34(42)48-30)51-39(35)29-13-15-33(41)47-29)32-18-24(26-10-6-20(2)44-26)38(50-32)28-12-8-22(4)46-28/h5-18H,1-4H3. The zero-order chi connectivity index (χ0) is 35.0. The van der Waals surface area contributed by atoms with Crippen molar-refractivity contribution in [1.82, 2.24) is 0 Å². The molecule has 9 aromatic rings. The van der Waals surface area contributed by atoms with E-state index in [0.717, 1.165) is 7.57 Å². The molecule has 9 aromatic heterocycles. The normalized spacial score (nSPS) is 11.7. The van der Waals surface area contributed by atoms with Crippen molar-refractivity contribution < 1.29 is 0 Å². The largest absolute Gasteiger partial charge is 0.141 e. The number of halogens is 2. The first-order chi connectivity index (χ1) is 24.7. The highest BCUT2D eigenvalue weighted by Crippen LogP contribution is 2.60. The van der Waals surface area contributed by atoms with Crippen LogP contribution in [0.2, 0.25) is 0 Å². The summed E-state index contributed by atoms with van der Waals surface area (Å²) in [4.78, 5) is 21.3. The topological polar surface area (TPSA) is 0 Å². The van der Waals surface area contributed by atoms with Gasteiger partial charge in [-0.25, -0.2) is 0 Å². The Hall–Kier alpha value is -1.74. The lowest BCUT2D eigenvalue weighted by molar-refractivity contribution is 1.64. The van der Waals surface area contributed by atoms with Gasteiger partial charge in [0.1, 0.15) is 0 Å². The van der Waals surface area contributed by atoms with Gasteiger partial charge < -0.3 is 0 Å². The molecule has 0 aliphatic heterocycles. The van der Waals surface area contributed by atoms with Gasteiger partial charge in [0, 0.05) is 80.8 Å². The Kier molecular flexibility index (Phi) is 9.71. The molecule has 254 valence electrons. The smallest absolute Gasteiger partial charge is 0.0705 e. The van der Waals surface area contributed by atoms with Crippen molar-refractivity contribution in [3.05, 3.63) is 112 Å². The molecular formula is C40H26Br2S9. The van der Waals surface area contributed by atoms with E-state index in [0.29, 0.717) is 0 Å². The van der Waals surface area contributed by atoms with E-state index in [9.17, 15) is 0 Å². The second kappa shape index (κ2) is 14.2. The Balaban J connectivity index is 1.37. The molecule has 0 aliphatic carbocycles. The van der Waals surface area contributed by atoms with E-state index in [4.69, 9.17) is 0 Å². The van der Waals surface area contributed by atoms with Gasteiger partial charge in [0.25, 0.3) is 0 Å². The van der Waals surface area contributed by atoms with Gasteiger partial charge in [-0.05, 0) is 144 Å². The third kappa shape index (κ3) is 6.69. The maximum atomic E-state index is 3.81. The van der Waals surface area contributed by atoms with Gasteiger partial charge in [-0.15, -0.1) is 102 Å². The number of aryl methyl sites for hydroxylation is 4. The number of thiophene rings is 9. The molecule has 0 radical (unpaired) electrons. The van der Waals surface area contributed by atoms with Gasteiger partial charge in [0.15, 0.2) is 0 Å². The van der Waals surface area contributed by atoms with Crippen molar-refractivity contribution >= 4 is 134 Å². The van der Waals surface area contributed by atoms with Crippen LogP contribution in [-0.4, -0.2) is 0 Å². The summed E-state index contributed by atoms with van der Waals surface area (Å²) in [7, 11) is 0. The summed E-state index contributed by atoms with van der Waals surface area (Å²) in [5.41, 5.74) is 5.36. The summed E-state index contributed by atoms with van der Waals surface area (Å²) in [6.07, 6.45) is 0. The third-order valence-electron chi connectivity index (χ3n) is 8.40. The minimum atomic E-state index is 1.15. The van der Waals surface area contributed by atoms with Gasteiger partial charge in [-0.3, -0.25) is 0 Å². The molecule has 0 atom stereocenters. The van der Waals surface area contributed by atoms with E-state index < -0.39 is 0 Å². The average molecular weight is 955 g/mol. The fourth-order valence-electron chi connectivity index (χ4n) is 6.15. The Bertz CT molecular complexity index is 2390. The van der Waals surface area contributed by atoms with Crippen LogP contribution < -0.4 is 0 Å². The summed E-state index contributed by atoms with van der Waals surface area (Å²) in [6.45, 7) is 8.84. The second-order valence-corrected chi connectivity index (χ2v) is 25.3. The lowest BCUT2D eigenvalue weighted by Gasteiger charge is -2.06. The van der Waals surface area contributed by atoms with Crippen LogP contribution in [0.25, 0.3) is 80.8 Å². The molecule has 0 fully saturated rings. The van der Waals surface area contributed by atoms with Gasteiger partial charge >= 0.3 is 0 Å². The van der Waals surface area contributed by atoms with Crippen molar-refractivity contribution in [1.29, 1.82) is 0 Å². The number of hydrogen-bond acceptors (Lipinski definition) is 9. The van der Waals surface area contributed by atoms with E-state index >= 15 is 0 Å². The van der Waals surface area contributed by atoms with Crippen molar-refractivity contribution in [3.63, 3.8) is 0 Å². The van der Waals surface area contributed by atoms with Crippen LogP contribution in [0.15, 0.2) is 92.5 Å². The average Bonchev–Trinajstić information content (AvgIpc) is 3.93. The summed E-state index contributed by atoms with van der Waals surface area (Å²) >= 11 is 24.7. The second-order valence-electron chi connectivity index (χ2n) is 12.1. The molecule has 9 heterocycles. The van der Waals surface area contributed by atoms with Crippen LogP contribution >= 0.6 is 134 Å². The molecule has 0 nitrogen and oxygen atoms in total. The maximum Gasteiger partial charge on any atom is 0.0705 e. The number of rotatable bonds is 8. The molecule has 0 aliphatic rings. The predicted molar refractivity (Wildman–Crippen MR) is 245 cm³/mol. The van der Waals surface area contributed by atoms with Crippen molar-refractivity contribution in [3.8, 4) is 80.8 Å². The van der Waals surface area contributed by atoms with Gasteiger partial charge in [-0.1, -0.05) is 0 Å². The highest BCUT2D eigenvalue weighted by atomic mass is 79.9. The van der Waals surface area contributed by atoms with Crippen LogP contribution in [-0.2, 0) is 0 Å². The highest BCUT2D eigenvalue weighted by Gasteiger charge is 2.30. The summed E-state index contributed by atoms with van der Waals surface area (Å²) in [5, 5.41) is 0. The molecule has 0 saturated heterocycles. The Morgan fingerprint density at radius 1 is 0.314 bits per heavy atom. The molecule has 0 spiro atoms. The third-order valence-corrected chi connectivity index (χ3v) is 19.9. The lowest BCUT2D eigenvalue weighted by atomic mass is 10.0. The first-order valence-corrected chi connectivity index (χ1v) is 24.9. The zero-order valence-corrected chi connectivity index (χ0v) is 38.0. The first kappa shape index (κ1) is 35.0. The van der Waals surface area contributed by atoms with E-state index in [1.165, 1.54) is 100 Å². The van der Waals surface area contributed by atoms with Crippen molar-refractivity contribution in [2.24, 2.45) is 0 Å². The Morgan fingerprint density at radius 2 is 0.647 bits per heavy atom. The van der Waals surface area contributed by atoms with Gasteiger partial charge in [0.05, 0.1) is 27.1 Å². The number of hydrogen-bond donors (Lipinski definition) is 0. The van der Waals surface area contributed by atoms with Crippen molar-refractivity contribution in [2.75, 3.05) is 0 Å². The van der Waals surface area contributed by atoms with Crippen LogP contribution in [0, 0.1) is 27.7 Å². The summed E-state index contributed by atoms with van der Waals surface area (Å²) < 4.78 is 2.30. The van der Waals surface area contributed by atoms with E-state index in [1.54, 1.807) is 0 Å². The molecule has 11 heteroatoms. The first-order valence-electron chi connectivity index (χ1n) is 15.9. The maximum absolute atomic E-state index is 3.81. The molecule has 0 unspecified atom stereocenters. The van der Waals surface area contributed by atoms with Gasteiger partial charge in [-0.2, -0.15) is 0 Å². The molecule has 0 N–H and O–H groups in total. The van der Waals surface area contributed by atoms with E-state index in [1.807, 2.05) is 102 Å². The van der Waals surface area contributed by atoms with Crippen LogP contribution in [0.4, 0.5) is 0 Å². The van der Waals surface area contributed by atoms with E-state index in [2.05, 4.69) is 144 Å². The van der Waals surface area contributed by atoms with Gasteiger partial charge in [0.2, 0.25) is 0 Å². The Labute approximate surface area is 350 Å². The highest BCUT2D eigenvalue weighted by molar-refractivity contribution is 9.11. The predicted octanol–water partition coefficient (Wildman–Crippen LogP) is 18.3. The molecule has 0 amide bonds. The monoisotopic (exact) mass is 952 g/mol. The zero-order valence-electron chi connectivity index (χ0n) is 27.5. The van der Waals surface area contributed by atoms with E-state index in [-0.39, 0.29) is 0 Å². The minimum absolute atomic E-state index is 1.15. The molecular weight excluding hydrogens is 929 g/mol. The molecule has 0 saturated carbocycles. The fourth-order valence-corrected chi connectivity index (χ4v) is 17.0. The lowest BCUT2D eigenvalue weighted by Crippen LogP contribution is -1.79. The fraction of sp³-hybridized carbons (Fsp3) is 0.100. The van der Waals surface area contributed by atoms with Crippen molar-refractivity contribution in [2.45, 2.75) is 27.7 Å². The van der Waals surface area contributed by atoms with Crippen LogP contribution in [0.1, 0.15) is 19.5 Å².